The summed E-state index contributed by atoms with van der Waals surface area (Å²) in [5.74, 6) is 0.283. The summed E-state index contributed by atoms with van der Waals surface area (Å²) in [7, 11) is 1.54. The summed E-state index contributed by atoms with van der Waals surface area (Å²) in [5.41, 5.74) is 1.26. The highest BCUT2D eigenvalue weighted by atomic mass is 79.9. The molecule has 0 N–H and O–H groups in total. The average Bonchev–Trinajstić information content (AvgIpc) is 3.40. The number of aromatic nitrogens is 3. The number of benzene rings is 2. The predicted molar refractivity (Wildman–Crippen MR) is 131 cm³/mol. The van der Waals surface area contributed by atoms with E-state index >= 15 is 0 Å². The number of hydrogen-bond donors (Lipinski definition) is 0. The lowest BCUT2D eigenvalue weighted by Crippen LogP contribution is -2.32. The van der Waals surface area contributed by atoms with E-state index in [1.165, 1.54) is 11.3 Å². The molecule has 2 aromatic heterocycles. The van der Waals surface area contributed by atoms with Crippen molar-refractivity contribution in [3.05, 3.63) is 70.2 Å². The summed E-state index contributed by atoms with van der Waals surface area (Å²) in [5, 5.41) is 1.12. The lowest BCUT2D eigenvalue weighted by molar-refractivity contribution is 0.0983. The normalized spacial score (nSPS) is 10.7. The highest BCUT2D eigenvalue weighted by molar-refractivity contribution is 9.10. The van der Waals surface area contributed by atoms with E-state index in [4.69, 9.17) is 21.3 Å². The van der Waals surface area contributed by atoms with Crippen LogP contribution in [0.15, 0.2) is 59.6 Å². The number of carbonyl (C=O) groups is 1. The van der Waals surface area contributed by atoms with Gasteiger partial charge in [0.15, 0.2) is 5.13 Å². The number of hydrogen-bond acceptors (Lipinski definition) is 5. The smallest absolute Gasteiger partial charge is 0.263 e. The van der Waals surface area contributed by atoms with E-state index in [0.717, 1.165) is 27.7 Å². The first-order chi connectivity index (χ1) is 14.5. The lowest BCUT2D eigenvalue weighted by Gasteiger charge is -2.21. The van der Waals surface area contributed by atoms with Crippen LogP contribution < -0.4 is 9.64 Å². The molecular weight excluding hydrogens is 523 g/mol. The van der Waals surface area contributed by atoms with Crippen molar-refractivity contribution in [2.75, 3.05) is 18.6 Å². The van der Waals surface area contributed by atoms with Crippen LogP contribution in [0.1, 0.15) is 16.8 Å². The van der Waals surface area contributed by atoms with E-state index in [0.29, 0.717) is 28.0 Å². The van der Waals surface area contributed by atoms with Gasteiger partial charge in [-0.05, 0) is 42.8 Å². The number of rotatable bonds is 7. The Hall–Kier alpha value is -2.13. The van der Waals surface area contributed by atoms with E-state index in [1.807, 2.05) is 29.0 Å². The maximum absolute atomic E-state index is 13.5. The molecule has 0 spiro atoms. The Morgan fingerprint density at radius 3 is 2.87 bits per heavy atom. The van der Waals surface area contributed by atoms with Crippen molar-refractivity contribution < 1.29 is 9.53 Å². The summed E-state index contributed by atoms with van der Waals surface area (Å²) in [6.45, 7) is 1.24. The minimum atomic E-state index is -0.196. The van der Waals surface area contributed by atoms with Crippen molar-refractivity contribution in [1.29, 1.82) is 0 Å². The molecule has 162 valence electrons. The summed E-state index contributed by atoms with van der Waals surface area (Å²) in [6.07, 6.45) is 6.15. The van der Waals surface area contributed by atoms with Crippen molar-refractivity contribution in [1.82, 2.24) is 14.5 Å². The molecule has 0 atom stereocenters. The minimum Gasteiger partial charge on any atom is -0.496 e. The van der Waals surface area contributed by atoms with Gasteiger partial charge in [-0.25, -0.2) is 9.97 Å². The number of methoxy groups -OCH3 is 1. The summed E-state index contributed by atoms with van der Waals surface area (Å²) in [4.78, 5) is 24.0. The number of nitrogens with zero attached hydrogens (tertiary/aromatic N) is 4. The monoisotopic (exact) mass is 540 g/mol. The maximum Gasteiger partial charge on any atom is 0.263 e. The number of halogens is 3. The molecule has 2 heterocycles. The molecule has 0 radical (unpaired) electrons. The third-order valence-corrected chi connectivity index (χ3v) is 6.33. The molecule has 4 aromatic rings. The second kappa shape index (κ2) is 10.5. The summed E-state index contributed by atoms with van der Waals surface area (Å²) < 4.78 is 9.36. The molecule has 0 aliphatic rings. The van der Waals surface area contributed by atoms with Crippen LogP contribution in [0, 0.1) is 0 Å². The number of ether oxygens (including phenoxy) is 1. The fourth-order valence-corrected chi connectivity index (χ4v) is 4.82. The molecule has 10 heteroatoms. The molecule has 0 saturated carbocycles. The van der Waals surface area contributed by atoms with Gasteiger partial charge in [-0.1, -0.05) is 38.9 Å². The summed E-state index contributed by atoms with van der Waals surface area (Å²) in [6, 6.07) is 10.9. The zero-order valence-corrected chi connectivity index (χ0v) is 20.5. The van der Waals surface area contributed by atoms with Gasteiger partial charge in [-0.15, -0.1) is 12.4 Å². The molecule has 0 bridgehead atoms. The van der Waals surface area contributed by atoms with Crippen LogP contribution >= 0.6 is 51.3 Å². The van der Waals surface area contributed by atoms with Gasteiger partial charge < -0.3 is 9.30 Å². The SMILES string of the molecule is COc1ccc(Cl)cc1C(=O)N(CCCn1ccnc1)c1nc2ccc(Br)cc2s1.Cl. The molecule has 0 aliphatic carbocycles. The van der Waals surface area contributed by atoms with E-state index in [9.17, 15) is 4.79 Å². The molecule has 0 unspecified atom stereocenters. The average molecular weight is 542 g/mol. The van der Waals surface area contributed by atoms with Gasteiger partial charge >= 0.3 is 0 Å². The first kappa shape index (κ1) is 23.5. The second-order valence-corrected chi connectivity index (χ2v) is 8.93. The van der Waals surface area contributed by atoms with E-state index < -0.39 is 0 Å². The fraction of sp³-hybridized carbons (Fsp3) is 0.190. The van der Waals surface area contributed by atoms with Crippen LogP contribution in [0.2, 0.25) is 5.02 Å². The Kier molecular flexibility index (Phi) is 7.94. The second-order valence-electron chi connectivity index (χ2n) is 6.56. The number of carbonyl (C=O) groups excluding carboxylic acids is 1. The van der Waals surface area contributed by atoms with Crippen LogP contribution in [0.3, 0.4) is 0 Å². The van der Waals surface area contributed by atoms with Crippen molar-refractivity contribution >= 4 is 72.5 Å². The Morgan fingerprint density at radius 2 is 2.13 bits per heavy atom. The van der Waals surface area contributed by atoms with Crippen LogP contribution in [-0.4, -0.2) is 34.1 Å². The molecule has 31 heavy (non-hydrogen) atoms. The van der Waals surface area contributed by atoms with Gasteiger partial charge in [0.2, 0.25) is 0 Å². The van der Waals surface area contributed by atoms with Crippen molar-refractivity contribution in [2.45, 2.75) is 13.0 Å². The third kappa shape index (κ3) is 5.38. The zero-order chi connectivity index (χ0) is 21.1. The van der Waals surface area contributed by atoms with Crippen LogP contribution in [-0.2, 0) is 6.54 Å². The first-order valence-electron chi connectivity index (χ1n) is 9.22. The van der Waals surface area contributed by atoms with Crippen molar-refractivity contribution in [2.24, 2.45) is 0 Å². The number of amides is 1. The first-order valence-corrected chi connectivity index (χ1v) is 11.2. The number of thiazole rings is 1. The van der Waals surface area contributed by atoms with Crippen LogP contribution in [0.4, 0.5) is 5.13 Å². The predicted octanol–water partition coefficient (Wildman–Crippen LogP) is 6.08. The van der Waals surface area contributed by atoms with E-state index in [2.05, 4.69) is 20.9 Å². The topological polar surface area (TPSA) is 60.2 Å². The molecular formula is C21H19BrCl2N4O2S. The Morgan fingerprint density at radius 1 is 1.29 bits per heavy atom. The quantitative estimate of drug-likeness (QED) is 0.284. The van der Waals surface area contributed by atoms with Crippen LogP contribution in [0.5, 0.6) is 5.75 Å². The van der Waals surface area contributed by atoms with Crippen LogP contribution in [0.25, 0.3) is 10.2 Å². The molecule has 4 rings (SSSR count). The third-order valence-electron chi connectivity index (χ3n) is 4.56. The number of anilines is 1. The molecule has 2 aromatic carbocycles. The number of imidazole rings is 1. The van der Waals surface area contributed by atoms with Crippen molar-refractivity contribution in [3.63, 3.8) is 0 Å². The minimum absolute atomic E-state index is 0. The molecule has 0 aliphatic heterocycles. The van der Waals surface area contributed by atoms with Gasteiger partial charge in [-0.3, -0.25) is 9.69 Å². The maximum atomic E-state index is 13.5. The van der Waals surface area contributed by atoms with Gasteiger partial charge in [0, 0.05) is 35.0 Å². The zero-order valence-electron chi connectivity index (χ0n) is 16.5. The van der Waals surface area contributed by atoms with E-state index in [1.54, 1.807) is 42.7 Å². The van der Waals surface area contributed by atoms with Gasteiger partial charge in [0.05, 0.1) is 29.2 Å². The molecule has 1 amide bonds. The largest absolute Gasteiger partial charge is 0.496 e. The number of fused-ring (bicyclic) bond motifs is 1. The standard InChI is InChI=1S/C21H18BrClN4O2S.ClH/c1-29-18-6-4-15(23)12-16(18)20(28)27(9-2-8-26-10-7-24-13-26)21-25-17-5-3-14(22)11-19(17)30-21;/h3-7,10-13H,2,8-9H2,1H3;1H. The van der Waals surface area contributed by atoms with E-state index in [-0.39, 0.29) is 18.3 Å². The Balaban J connectivity index is 0.00000272. The Bertz CT molecular complexity index is 1180. The summed E-state index contributed by atoms with van der Waals surface area (Å²) >= 11 is 11.1. The molecule has 0 saturated heterocycles. The fourth-order valence-electron chi connectivity index (χ4n) is 3.11. The van der Waals surface area contributed by atoms with Gasteiger partial charge in [-0.2, -0.15) is 0 Å². The number of aryl methyl sites for hydroxylation is 1. The van der Waals surface area contributed by atoms with Gasteiger partial charge in [0.25, 0.3) is 5.91 Å². The molecule has 6 nitrogen and oxygen atoms in total. The van der Waals surface area contributed by atoms with Gasteiger partial charge in [0.1, 0.15) is 5.75 Å². The van der Waals surface area contributed by atoms with Crippen molar-refractivity contribution in [3.8, 4) is 5.75 Å². The lowest BCUT2D eigenvalue weighted by atomic mass is 10.1. The highest BCUT2D eigenvalue weighted by Gasteiger charge is 2.24. The Labute approximate surface area is 203 Å². The highest BCUT2D eigenvalue weighted by Crippen LogP contribution is 2.33. The molecule has 0 fully saturated rings.